The topological polar surface area (TPSA) is 61.7 Å². The highest BCUT2D eigenvalue weighted by Crippen LogP contribution is 2.26. The number of hydrogen-bond acceptors (Lipinski definition) is 3. The number of allylic oxidation sites excluding steroid dienone is 1. The molecule has 0 aliphatic carbocycles. The lowest BCUT2D eigenvalue weighted by molar-refractivity contribution is 0.740. The van der Waals surface area contributed by atoms with Crippen molar-refractivity contribution in [1.82, 2.24) is 19.3 Å². The summed E-state index contributed by atoms with van der Waals surface area (Å²) in [7, 11) is 1.90. The van der Waals surface area contributed by atoms with Crippen LogP contribution in [0.3, 0.4) is 0 Å². The van der Waals surface area contributed by atoms with Gasteiger partial charge in [-0.25, -0.2) is 4.98 Å². The summed E-state index contributed by atoms with van der Waals surface area (Å²) in [5, 5.41) is 4.18. The minimum absolute atomic E-state index is 0.649. The standard InChI is InChI=1S/C11H15N5/c1-4-5-16-7-13-10(11(16)12)9-6-14-15(3)8(9)2/h4,6-7H,1,5,12H2,2-3H3. The Bertz CT molecular complexity index is 520. The van der Waals surface area contributed by atoms with Crippen LogP contribution in [-0.2, 0) is 13.6 Å². The van der Waals surface area contributed by atoms with E-state index in [1.165, 1.54) is 0 Å². The van der Waals surface area contributed by atoms with Crippen LogP contribution in [0, 0.1) is 6.92 Å². The molecule has 5 nitrogen and oxygen atoms in total. The summed E-state index contributed by atoms with van der Waals surface area (Å²) in [6.07, 6.45) is 5.29. The summed E-state index contributed by atoms with van der Waals surface area (Å²) in [4.78, 5) is 4.32. The van der Waals surface area contributed by atoms with Gasteiger partial charge in [-0.3, -0.25) is 4.68 Å². The van der Waals surface area contributed by atoms with Crippen LogP contribution >= 0.6 is 0 Å². The minimum atomic E-state index is 0.649. The van der Waals surface area contributed by atoms with Gasteiger partial charge in [-0.15, -0.1) is 6.58 Å². The number of nitrogen functional groups attached to an aromatic ring is 1. The molecule has 0 aliphatic rings. The molecule has 2 heterocycles. The Balaban J connectivity index is 2.48. The van der Waals surface area contributed by atoms with Gasteiger partial charge in [0.15, 0.2) is 0 Å². The van der Waals surface area contributed by atoms with E-state index in [0.29, 0.717) is 12.4 Å². The molecule has 0 bridgehead atoms. The highest BCUT2D eigenvalue weighted by molar-refractivity contribution is 5.71. The van der Waals surface area contributed by atoms with E-state index in [1.807, 2.05) is 18.5 Å². The average Bonchev–Trinajstić information content (AvgIpc) is 2.76. The Morgan fingerprint density at radius 1 is 1.56 bits per heavy atom. The molecule has 84 valence electrons. The normalized spacial score (nSPS) is 10.6. The molecule has 2 rings (SSSR count). The van der Waals surface area contributed by atoms with E-state index in [4.69, 9.17) is 5.73 Å². The molecule has 0 saturated heterocycles. The summed E-state index contributed by atoms with van der Waals surface area (Å²) in [5.41, 5.74) is 8.83. The molecule has 0 aliphatic heterocycles. The molecule has 16 heavy (non-hydrogen) atoms. The lowest BCUT2D eigenvalue weighted by Gasteiger charge is -2.02. The zero-order valence-electron chi connectivity index (χ0n) is 9.51. The molecular weight excluding hydrogens is 202 g/mol. The Morgan fingerprint density at radius 3 is 2.88 bits per heavy atom. The maximum Gasteiger partial charge on any atom is 0.131 e. The van der Waals surface area contributed by atoms with Crippen LogP contribution in [-0.4, -0.2) is 19.3 Å². The Labute approximate surface area is 94.2 Å². The second kappa shape index (κ2) is 3.84. The fourth-order valence-corrected chi connectivity index (χ4v) is 1.62. The van der Waals surface area contributed by atoms with Crippen molar-refractivity contribution in [1.29, 1.82) is 0 Å². The van der Waals surface area contributed by atoms with Gasteiger partial charge in [-0.05, 0) is 6.92 Å². The summed E-state index contributed by atoms with van der Waals surface area (Å²) < 4.78 is 3.66. The minimum Gasteiger partial charge on any atom is -0.383 e. The molecule has 0 unspecified atom stereocenters. The van der Waals surface area contributed by atoms with E-state index in [9.17, 15) is 0 Å². The highest BCUT2D eigenvalue weighted by atomic mass is 15.3. The maximum atomic E-state index is 6.02. The maximum absolute atomic E-state index is 6.02. The van der Waals surface area contributed by atoms with Gasteiger partial charge in [-0.1, -0.05) is 6.08 Å². The molecule has 2 N–H and O–H groups in total. The molecule has 0 radical (unpaired) electrons. The molecule has 2 aromatic heterocycles. The van der Waals surface area contributed by atoms with E-state index in [-0.39, 0.29) is 0 Å². The third kappa shape index (κ3) is 1.50. The average molecular weight is 217 g/mol. The van der Waals surface area contributed by atoms with E-state index in [2.05, 4.69) is 16.7 Å². The first kappa shape index (κ1) is 10.5. The third-order valence-electron chi connectivity index (χ3n) is 2.69. The number of aromatic nitrogens is 4. The number of rotatable bonds is 3. The van der Waals surface area contributed by atoms with Crippen LogP contribution in [0.25, 0.3) is 11.3 Å². The van der Waals surface area contributed by atoms with Crippen molar-refractivity contribution in [3.05, 3.63) is 30.9 Å². The summed E-state index contributed by atoms with van der Waals surface area (Å²) >= 11 is 0. The van der Waals surface area contributed by atoms with Crippen LogP contribution in [0.4, 0.5) is 5.82 Å². The fraction of sp³-hybridized carbons (Fsp3) is 0.273. The zero-order valence-corrected chi connectivity index (χ0v) is 9.51. The number of hydrogen-bond donors (Lipinski definition) is 1. The number of anilines is 1. The fourth-order valence-electron chi connectivity index (χ4n) is 1.62. The van der Waals surface area contributed by atoms with Crippen LogP contribution in [0.5, 0.6) is 0 Å². The van der Waals surface area contributed by atoms with Crippen molar-refractivity contribution in [3.63, 3.8) is 0 Å². The van der Waals surface area contributed by atoms with E-state index in [1.54, 1.807) is 23.3 Å². The van der Waals surface area contributed by atoms with Gasteiger partial charge in [-0.2, -0.15) is 5.10 Å². The first-order valence-electron chi connectivity index (χ1n) is 5.05. The first-order chi connectivity index (χ1) is 7.65. The Hall–Kier alpha value is -2.04. The molecule has 0 aromatic carbocycles. The zero-order chi connectivity index (χ0) is 11.7. The van der Waals surface area contributed by atoms with Crippen molar-refractivity contribution >= 4 is 5.82 Å². The Morgan fingerprint density at radius 2 is 2.31 bits per heavy atom. The van der Waals surface area contributed by atoms with Crippen molar-refractivity contribution < 1.29 is 0 Å². The largest absolute Gasteiger partial charge is 0.383 e. The van der Waals surface area contributed by atoms with Crippen molar-refractivity contribution in [2.45, 2.75) is 13.5 Å². The smallest absolute Gasteiger partial charge is 0.131 e. The predicted molar refractivity (Wildman–Crippen MR) is 63.8 cm³/mol. The molecule has 5 heteroatoms. The van der Waals surface area contributed by atoms with E-state index in [0.717, 1.165) is 17.0 Å². The molecule has 2 aromatic rings. The lowest BCUT2D eigenvalue weighted by atomic mass is 10.2. The van der Waals surface area contributed by atoms with Crippen LogP contribution in [0.2, 0.25) is 0 Å². The van der Waals surface area contributed by atoms with Gasteiger partial charge < -0.3 is 10.3 Å². The lowest BCUT2D eigenvalue weighted by Crippen LogP contribution is -2.00. The van der Waals surface area contributed by atoms with Crippen LogP contribution in [0.15, 0.2) is 25.2 Å². The number of nitrogens with two attached hydrogens (primary N) is 1. The number of aryl methyl sites for hydroxylation is 1. The molecule has 0 amide bonds. The highest BCUT2D eigenvalue weighted by Gasteiger charge is 2.13. The van der Waals surface area contributed by atoms with Gasteiger partial charge in [0, 0.05) is 24.8 Å². The monoisotopic (exact) mass is 217 g/mol. The second-order valence-electron chi connectivity index (χ2n) is 3.69. The van der Waals surface area contributed by atoms with Gasteiger partial charge in [0.25, 0.3) is 0 Å². The van der Waals surface area contributed by atoms with Gasteiger partial charge in [0.1, 0.15) is 11.5 Å². The predicted octanol–water partition coefficient (Wildman–Crippen LogP) is 1.36. The SMILES string of the molecule is C=CCn1cnc(-c2cnn(C)c2C)c1N. The Kier molecular flexibility index (Phi) is 2.52. The molecule has 0 saturated carbocycles. The van der Waals surface area contributed by atoms with E-state index >= 15 is 0 Å². The number of nitrogens with zero attached hydrogens (tertiary/aromatic N) is 4. The third-order valence-corrected chi connectivity index (χ3v) is 2.69. The molecular formula is C11H15N5. The summed E-state index contributed by atoms with van der Waals surface area (Å²) in [5.74, 6) is 0.649. The quantitative estimate of drug-likeness (QED) is 0.790. The van der Waals surface area contributed by atoms with E-state index < -0.39 is 0 Å². The van der Waals surface area contributed by atoms with Crippen LogP contribution < -0.4 is 5.73 Å². The first-order valence-corrected chi connectivity index (χ1v) is 5.05. The van der Waals surface area contributed by atoms with Gasteiger partial charge >= 0.3 is 0 Å². The van der Waals surface area contributed by atoms with Crippen molar-refractivity contribution in [2.24, 2.45) is 7.05 Å². The summed E-state index contributed by atoms with van der Waals surface area (Å²) in [6.45, 7) is 6.34. The summed E-state index contributed by atoms with van der Waals surface area (Å²) in [6, 6.07) is 0. The molecule has 0 atom stereocenters. The van der Waals surface area contributed by atoms with Gasteiger partial charge in [0.05, 0.1) is 12.5 Å². The molecule has 0 fully saturated rings. The van der Waals surface area contributed by atoms with Crippen molar-refractivity contribution in [2.75, 3.05) is 5.73 Å². The van der Waals surface area contributed by atoms with Crippen LogP contribution in [0.1, 0.15) is 5.69 Å². The molecule has 0 spiro atoms. The van der Waals surface area contributed by atoms with Gasteiger partial charge in [0.2, 0.25) is 0 Å². The second-order valence-corrected chi connectivity index (χ2v) is 3.69. The van der Waals surface area contributed by atoms with Crippen molar-refractivity contribution in [3.8, 4) is 11.3 Å². The number of imidazole rings is 1.